The van der Waals surface area contributed by atoms with E-state index in [1.54, 1.807) is 0 Å². The Kier molecular flexibility index (Phi) is 2.22. The van der Waals surface area contributed by atoms with Gasteiger partial charge >= 0.3 is 0 Å². The maximum absolute atomic E-state index is 13.3. The van der Waals surface area contributed by atoms with Crippen molar-refractivity contribution in [1.29, 1.82) is 5.26 Å². The molecule has 2 nitrogen and oxygen atoms in total. The van der Waals surface area contributed by atoms with E-state index in [1.807, 2.05) is 6.07 Å². The number of hydrogen-bond acceptors (Lipinski definition) is 1. The van der Waals surface area contributed by atoms with E-state index >= 15 is 0 Å². The summed E-state index contributed by atoms with van der Waals surface area (Å²) >= 11 is 0. The summed E-state index contributed by atoms with van der Waals surface area (Å²) in [7, 11) is 0. The molecule has 0 N–H and O–H groups in total. The minimum absolute atomic E-state index is 0.0940. The molecule has 1 heterocycles. The zero-order valence-electron chi connectivity index (χ0n) is 7.61. The Morgan fingerprint density at radius 1 is 1.20 bits per heavy atom. The third kappa shape index (κ3) is 1.59. The molecule has 0 aliphatic rings. The summed E-state index contributed by atoms with van der Waals surface area (Å²) in [5.74, 6) is -1.82. The molecular weight excluding hydrogens is 198 g/mol. The first-order valence-electron chi connectivity index (χ1n) is 4.25. The fourth-order valence-corrected chi connectivity index (χ4v) is 1.30. The molecule has 0 amide bonds. The predicted octanol–water partition coefficient (Wildman–Crippen LogP) is 2.63. The van der Waals surface area contributed by atoms with Crippen molar-refractivity contribution >= 4 is 0 Å². The fraction of sp³-hybridized carbons (Fsp3) is 0. The van der Waals surface area contributed by atoms with Gasteiger partial charge in [0.1, 0.15) is 6.07 Å². The van der Waals surface area contributed by atoms with Crippen LogP contribution < -0.4 is 0 Å². The van der Waals surface area contributed by atoms with E-state index in [9.17, 15) is 8.78 Å². The third-order valence-corrected chi connectivity index (χ3v) is 2.03. The zero-order chi connectivity index (χ0) is 10.8. The van der Waals surface area contributed by atoms with Gasteiger partial charge in [0.2, 0.25) is 0 Å². The molecule has 0 bridgehead atoms. The van der Waals surface area contributed by atoms with Gasteiger partial charge in [-0.1, -0.05) is 6.07 Å². The largest absolute Gasteiger partial charge is 0.320 e. The van der Waals surface area contributed by atoms with Gasteiger partial charge in [-0.3, -0.25) is 0 Å². The van der Waals surface area contributed by atoms with E-state index in [0.717, 1.165) is 6.07 Å². The van der Waals surface area contributed by atoms with E-state index in [2.05, 4.69) is 0 Å². The first kappa shape index (κ1) is 9.41. The Hall–Kier alpha value is -2.15. The molecule has 1 aromatic heterocycles. The second-order valence-corrected chi connectivity index (χ2v) is 2.99. The molecule has 0 saturated heterocycles. The van der Waals surface area contributed by atoms with Gasteiger partial charge in [-0.2, -0.15) is 5.26 Å². The van der Waals surface area contributed by atoms with E-state index in [-0.39, 0.29) is 5.69 Å². The van der Waals surface area contributed by atoms with Gasteiger partial charge in [-0.05, 0) is 18.2 Å². The van der Waals surface area contributed by atoms with Gasteiger partial charge in [0.05, 0.1) is 11.3 Å². The topological polar surface area (TPSA) is 28.7 Å². The summed E-state index contributed by atoms with van der Waals surface area (Å²) in [6, 6.07) is 7.36. The highest BCUT2D eigenvalue weighted by molar-refractivity contribution is 5.38. The molecule has 4 heteroatoms. The summed E-state index contributed by atoms with van der Waals surface area (Å²) in [6.45, 7) is 0. The number of halogens is 2. The van der Waals surface area contributed by atoms with Crippen LogP contribution in [0.25, 0.3) is 5.69 Å². The molecule has 74 valence electrons. The van der Waals surface area contributed by atoms with Crippen LogP contribution in [0, 0.1) is 23.0 Å². The number of rotatable bonds is 1. The van der Waals surface area contributed by atoms with Crippen LogP contribution in [-0.2, 0) is 0 Å². The lowest BCUT2D eigenvalue weighted by molar-refractivity contribution is 0.504. The average Bonchev–Trinajstić information content (AvgIpc) is 2.70. The van der Waals surface area contributed by atoms with Crippen molar-refractivity contribution in [3.63, 3.8) is 0 Å². The summed E-state index contributed by atoms with van der Waals surface area (Å²) in [5, 5.41) is 8.59. The van der Waals surface area contributed by atoms with Crippen LogP contribution in [-0.4, -0.2) is 4.57 Å². The number of nitrogens with zero attached hydrogens (tertiary/aromatic N) is 2. The molecule has 0 fully saturated rings. The fourth-order valence-electron chi connectivity index (χ4n) is 1.30. The Morgan fingerprint density at radius 3 is 2.67 bits per heavy atom. The molecule has 1 aromatic carbocycles. The Labute approximate surface area is 85.0 Å². The minimum atomic E-state index is -0.919. The summed E-state index contributed by atoms with van der Waals surface area (Å²) in [6.07, 6.45) is 2.95. The van der Waals surface area contributed by atoms with Crippen molar-refractivity contribution in [3.05, 3.63) is 53.9 Å². The van der Waals surface area contributed by atoms with Crippen molar-refractivity contribution in [1.82, 2.24) is 4.57 Å². The molecule has 0 saturated carbocycles. The van der Waals surface area contributed by atoms with Crippen LogP contribution in [0.15, 0.2) is 36.7 Å². The van der Waals surface area contributed by atoms with E-state index in [4.69, 9.17) is 5.26 Å². The maximum atomic E-state index is 13.3. The number of benzene rings is 1. The van der Waals surface area contributed by atoms with Crippen LogP contribution in [0.1, 0.15) is 5.56 Å². The average molecular weight is 204 g/mol. The lowest BCUT2D eigenvalue weighted by atomic mass is 10.3. The first-order valence-corrected chi connectivity index (χ1v) is 4.25. The van der Waals surface area contributed by atoms with Crippen molar-refractivity contribution in [2.75, 3.05) is 0 Å². The molecule has 15 heavy (non-hydrogen) atoms. The highest BCUT2D eigenvalue weighted by Gasteiger charge is 2.08. The van der Waals surface area contributed by atoms with Crippen LogP contribution in [0.3, 0.4) is 0 Å². The SMILES string of the molecule is N#Cc1ccn(-c2cccc(F)c2F)c1. The highest BCUT2D eigenvalue weighted by Crippen LogP contribution is 2.16. The quantitative estimate of drug-likeness (QED) is 0.701. The summed E-state index contributed by atoms with van der Waals surface area (Å²) < 4.78 is 27.6. The first-order chi connectivity index (χ1) is 7.22. The van der Waals surface area contributed by atoms with Gasteiger partial charge in [-0.15, -0.1) is 0 Å². The van der Waals surface area contributed by atoms with Crippen molar-refractivity contribution < 1.29 is 8.78 Å². The lowest BCUT2D eigenvalue weighted by Crippen LogP contribution is -1.96. The molecule has 0 spiro atoms. The number of aromatic nitrogens is 1. The molecule has 2 rings (SSSR count). The monoisotopic (exact) mass is 204 g/mol. The maximum Gasteiger partial charge on any atom is 0.182 e. The van der Waals surface area contributed by atoms with Gasteiger partial charge in [0.15, 0.2) is 11.6 Å². The zero-order valence-corrected chi connectivity index (χ0v) is 7.61. The van der Waals surface area contributed by atoms with Crippen LogP contribution in [0.4, 0.5) is 8.78 Å². The van der Waals surface area contributed by atoms with Crippen molar-refractivity contribution in [2.24, 2.45) is 0 Å². The highest BCUT2D eigenvalue weighted by atomic mass is 19.2. The molecule has 0 radical (unpaired) electrons. The standard InChI is InChI=1S/C11H6F2N2/c12-9-2-1-3-10(11(9)13)15-5-4-8(6-14)7-15/h1-5,7H. The van der Waals surface area contributed by atoms with E-state index in [1.165, 1.54) is 35.2 Å². The second kappa shape index (κ2) is 3.54. The van der Waals surface area contributed by atoms with Crippen molar-refractivity contribution in [2.45, 2.75) is 0 Å². The Balaban J connectivity index is 2.55. The van der Waals surface area contributed by atoms with E-state index < -0.39 is 11.6 Å². The lowest BCUT2D eigenvalue weighted by Gasteiger charge is -2.04. The minimum Gasteiger partial charge on any atom is -0.320 e. The third-order valence-electron chi connectivity index (χ3n) is 2.03. The number of hydrogen-bond donors (Lipinski definition) is 0. The van der Waals surface area contributed by atoms with Gasteiger partial charge in [-0.25, -0.2) is 8.78 Å². The molecule has 0 atom stereocenters. The van der Waals surface area contributed by atoms with Gasteiger partial charge in [0.25, 0.3) is 0 Å². The molecule has 0 unspecified atom stereocenters. The Morgan fingerprint density at radius 2 is 2.00 bits per heavy atom. The second-order valence-electron chi connectivity index (χ2n) is 2.99. The number of nitriles is 1. The van der Waals surface area contributed by atoms with Crippen LogP contribution in [0.5, 0.6) is 0 Å². The van der Waals surface area contributed by atoms with Gasteiger partial charge in [0, 0.05) is 12.4 Å². The summed E-state index contributed by atoms with van der Waals surface area (Å²) in [5.41, 5.74) is 0.496. The smallest absolute Gasteiger partial charge is 0.182 e. The molecule has 0 aliphatic carbocycles. The van der Waals surface area contributed by atoms with E-state index in [0.29, 0.717) is 5.56 Å². The Bertz CT molecular complexity index is 538. The molecular formula is C11H6F2N2. The van der Waals surface area contributed by atoms with Crippen LogP contribution >= 0.6 is 0 Å². The predicted molar refractivity (Wildman–Crippen MR) is 50.4 cm³/mol. The van der Waals surface area contributed by atoms with Crippen LogP contribution in [0.2, 0.25) is 0 Å². The normalized spacial score (nSPS) is 9.93. The van der Waals surface area contributed by atoms with Crippen molar-refractivity contribution in [3.8, 4) is 11.8 Å². The molecule has 2 aromatic rings. The summed E-state index contributed by atoms with van der Waals surface area (Å²) in [4.78, 5) is 0. The molecule has 0 aliphatic heterocycles. The van der Waals surface area contributed by atoms with Gasteiger partial charge < -0.3 is 4.57 Å².